The van der Waals surface area contributed by atoms with E-state index in [1.807, 2.05) is 6.92 Å². The van der Waals surface area contributed by atoms with Gasteiger partial charge in [-0.3, -0.25) is 0 Å². The van der Waals surface area contributed by atoms with Gasteiger partial charge in [-0.15, -0.1) is 24.0 Å². The van der Waals surface area contributed by atoms with E-state index in [1.54, 1.807) is 0 Å². The van der Waals surface area contributed by atoms with Crippen LogP contribution in [-0.2, 0) is 17.9 Å². The number of nitrogens with zero attached hydrogens (tertiary/aromatic N) is 2. The van der Waals surface area contributed by atoms with Crippen LogP contribution in [0, 0.1) is 0 Å². The van der Waals surface area contributed by atoms with Crippen LogP contribution in [0.3, 0.4) is 0 Å². The van der Waals surface area contributed by atoms with Crippen LogP contribution in [0.1, 0.15) is 37.8 Å². The maximum absolute atomic E-state index is 5.54. The van der Waals surface area contributed by atoms with Crippen LogP contribution < -0.4 is 5.32 Å². The Morgan fingerprint density at radius 3 is 2.50 bits per heavy atom. The zero-order chi connectivity index (χ0) is 14.9. The maximum atomic E-state index is 5.54. The van der Waals surface area contributed by atoms with Crippen LogP contribution in [0.15, 0.2) is 29.3 Å². The number of aliphatic imine (C=N–C) groups is 1. The van der Waals surface area contributed by atoms with Crippen LogP contribution in [0.4, 0.5) is 0 Å². The van der Waals surface area contributed by atoms with Crippen molar-refractivity contribution < 1.29 is 4.74 Å². The minimum atomic E-state index is 0. The lowest BCUT2D eigenvalue weighted by molar-refractivity contribution is 0.133. The van der Waals surface area contributed by atoms with Gasteiger partial charge in [0.25, 0.3) is 0 Å². The molecule has 1 fully saturated rings. The summed E-state index contributed by atoms with van der Waals surface area (Å²) in [5.41, 5.74) is 2.49. The van der Waals surface area contributed by atoms with E-state index in [-0.39, 0.29) is 24.0 Å². The Kier molecular flexibility index (Phi) is 9.47. The van der Waals surface area contributed by atoms with Crippen molar-refractivity contribution in [2.45, 2.75) is 39.8 Å². The molecule has 0 radical (unpaired) electrons. The molecule has 0 spiro atoms. The summed E-state index contributed by atoms with van der Waals surface area (Å²) in [6, 6.07) is 8.41. The molecule has 0 saturated carbocycles. The first-order chi connectivity index (χ1) is 10.3. The second-order valence-corrected chi connectivity index (χ2v) is 5.27. The van der Waals surface area contributed by atoms with Gasteiger partial charge in [0.1, 0.15) is 0 Å². The Morgan fingerprint density at radius 2 is 1.86 bits per heavy atom. The Labute approximate surface area is 151 Å². The number of nitrogens with one attached hydrogen (secondary N) is 1. The topological polar surface area (TPSA) is 36.9 Å². The quantitative estimate of drug-likeness (QED) is 0.438. The second kappa shape index (κ2) is 10.8. The minimum absolute atomic E-state index is 0. The highest BCUT2D eigenvalue weighted by atomic mass is 127. The standard InChI is InChI=1S/C17H27N3O.HI/c1-3-18-17(20-11-7-8-12-20)19-13-15-9-5-6-10-16(15)14-21-4-2;/h5-6,9-10H,3-4,7-8,11-14H2,1-2H3,(H,18,19);1H. The number of guanidine groups is 1. The molecule has 124 valence electrons. The van der Waals surface area contributed by atoms with E-state index in [2.05, 4.69) is 41.4 Å². The molecule has 0 unspecified atom stereocenters. The largest absolute Gasteiger partial charge is 0.377 e. The van der Waals surface area contributed by atoms with E-state index in [4.69, 9.17) is 9.73 Å². The van der Waals surface area contributed by atoms with E-state index in [9.17, 15) is 0 Å². The average Bonchev–Trinajstić information content (AvgIpc) is 3.04. The minimum Gasteiger partial charge on any atom is -0.377 e. The summed E-state index contributed by atoms with van der Waals surface area (Å²) < 4.78 is 5.54. The number of hydrogen-bond acceptors (Lipinski definition) is 2. The number of halogens is 1. The van der Waals surface area contributed by atoms with Gasteiger partial charge in [0.05, 0.1) is 13.2 Å². The second-order valence-electron chi connectivity index (χ2n) is 5.27. The fraction of sp³-hybridized carbons (Fsp3) is 0.588. The van der Waals surface area contributed by atoms with Crippen molar-refractivity contribution in [3.8, 4) is 0 Å². The molecule has 1 saturated heterocycles. The van der Waals surface area contributed by atoms with Crippen LogP contribution in [0.2, 0.25) is 0 Å². The summed E-state index contributed by atoms with van der Waals surface area (Å²) in [4.78, 5) is 7.17. The molecule has 0 amide bonds. The SMILES string of the molecule is CCNC(=NCc1ccccc1COCC)N1CCCC1.I. The van der Waals surface area contributed by atoms with Gasteiger partial charge >= 0.3 is 0 Å². The van der Waals surface area contributed by atoms with Crippen LogP contribution in [0.5, 0.6) is 0 Å². The molecule has 0 aliphatic carbocycles. The molecule has 5 heteroatoms. The van der Waals surface area contributed by atoms with Crippen molar-refractivity contribution >= 4 is 29.9 Å². The molecule has 0 atom stereocenters. The molecule has 1 aromatic carbocycles. The molecule has 0 bridgehead atoms. The van der Waals surface area contributed by atoms with Gasteiger partial charge in [0.2, 0.25) is 0 Å². The summed E-state index contributed by atoms with van der Waals surface area (Å²) in [5, 5.41) is 3.40. The van der Waals surface area contributed by atoms with Crippen molar-refractivity contribution in [3.05, 3.63) is 35.4 Å². The Morgan fingerprint density at radius 1 is 1.18 bits per heavy atom. The third-order valence-electron chi connectivity index (χ3n) is 3.72. The maximum Gasteiger partial charge on any atom is 0.194 e. The lowest BCUT2D eigenvalue weighted by atomic mass is 10.1. The molecular weight excluding hydrogens is 389 g/mol. The van der Waals surface area contributed by atoms with Gasteiger partial charge in [-0.25, -0.2) is 4.99 Å². The predicted octanol–water partition coefficient (Wildman–Crippen LogP) is 3.40. The highest BCUT2D eigenvalue weighted by molar-refractivity contribution is 14.0. The van der Waals surface area contributed by atoms with Crippen molar-refractivity contribution in [3.63, 3.8) is 0 Å². The van der Waals surface area contributed by atoms with Gasteiger partial charge in [0.15, 0.2) is 5.96 Å². The summed E-state index contributed by atoms with van der Waals surface area (Å²) in [7, 11) is 0. The number of hydrogen-bond donors (Lipinski definition) is 1. The van der Waals surface area contributed by atoms with Crippen molar-refractivity contribution in [2.75, 3.05) is 26.2 Å². The fourth-order valence-corrected chi connectivity index (χ4v) is 2.58. The first kappa shape index (κ1) is 19.2. The first-order valence-corrected chi connectivity index (χ1v) is 8.03. The van der Waals surface area contributed by atoms with E-state index < -0.39 is 0 Å². The smallest absolute Gasteiger partial charge is 0.194 e. The van der Waals surface area contributed by atoms with Crippen molar-refractivity contribution in [1.29, 1.82) is 0 Å². The summed E-state index contributed by atoms with van der Waals surface area (Å²) in [6.07, 6.45) is 2.54. The highest BCUT2D eigenvalue weighted by Crippen LogP contribution is 2.13. The van der Waals surface area contributed by atoms with E-state index in [0.29, 0.717) is 13.2 Å². The third kappa shape index (κ3) is 5.76. The van der Waals surface area contributed by atoms with Gasteiger partial charge in [-0.05, 0) is 37.8 Å². The van der Waals surface area contributed by atoms with Crippen molar-refractivity contribution in [2.24, 2.45) is 4.99 Å². The molecule has 1 heterocycles. The molecular formula is C17H28IN3O. The number of benzene rings is 1. The van der Waals surface area contributed by atoms with E-state index in [1.165, 1.54) is 24.0 Å². The lowest BCUT2D eigenvalue weighted by Crippen LogP contribution is -2.39. The van der Waals surface area contributed by atoms with E-state index in [0.717, 1.165) is 32.2 Å². The molecule has 1 aliphatic rings. The molecule has 2 rings (SSSR count). The highest BCUT2D eigenvalue weighted by Gasteiger charge is 2.15. The average molecular weight is 417 g/mol. The number of likely N-dealkylation sites (tertiary alicyclic amines) is 1. The monoisotopic (exact) mass is 417 g/mol. The normalized spacial score (nSPS) is 14.8. The Balaban J connectivity index is 0.00000242. The summed E-state index contributed by atoms with van der Waals surface area (Å²) in [6.45, 7) is 9.42. The zero-order valence-electron chi connectivity index (χ0n) is 13.7. The zero-order valence-corrected chi connectivity index (χ0v) is 16.0. The first-order valence-electron chi connectivity index (χ1n) is 8.03. The molecule has 22 heavy (non-hydrogen) atoms. The van der Waals surface area contributed by atoms with Gasteiger partial charge in [0, 0.05) is 26.2 Å². The molecule has 4 nitrogen and oxygen atoms in total. The molecule has 1 aromatic rings. The van der Waals surface area contributed by atoms with Crippen LogP contribution in [0.25, 0.3) is 0 Å². The fourth-order valence-electron chi connectivity index (χ4n) is 2.58. The summed E-state index contributed by atoms with van der Waals surface area (Å²) in [5.74, 6) is 1.04. The van der Waals surface area contributed by atoms with Crippen molar-refractivity contribution in [1.82, 2.24) is 10.2 Å². The predicted molar refractivity (Wildman–Crippen MR) is 103 cm³/mol. The van der Waals surface area contributed by atoms with E-state index >= 15 is 0 Å². The van der Waals surface area contributed by atoms with Gasteiger partial charge in [-0.1, -0.05) is 24.3 Å². The lowest BCUT2D eigenvalue weighted by Gasteiger charge is -2.21. The molecule has 1 aliphatic heterocycles. The Bertz CT molecular complexity index is 459. The molecule has 1 N–H and O–H groups in total. The number of rotatable bonds is 6. The number of ether oxygens (including phenoxy) is 1. The van der Waals surface area contributed by atoms with Gasteiger partial charge in [-0.2, -0.15) is 0 Å². The summed E-state index contributed by atoms with van der Waals surface area (Å²) >= 11 is 0. The Hall–Kier alpha value is -0.820. The van der Waals surface area contributed by atoms with Crippen LogP contribution in [-0.4, -0.2) is 37.1 Å². The molecule has 0 aromatic heterocycles. The third-order valence-corrected chi connectivity index (χ3v) is 3.72. The van der Waals surface area contributed by atoms with Crippen LogP contribution >= 0.6 is 24.0 Å². The van der Waals surface area contributed by atoms with Gasteiger partial charge < -0.3 is 15.0 Å².